The summed E-state index contributed by atoms with van der Waals surface area (Å²) in [4.78, 5) is 17.0. The van der Waals surface area contributed by atoms with E-state index in [0.29, 0.717) is 35.1 Å². The van der Waals surface area contributed by atoms with E-state index in [-0.39, 0.29) is 23.2 Å². The number of carbonyl (C=O) groups excluding carboxylic acids is 1. The highest BCUT2D eigenvalue weighted by Crippen LogP contribution is 2.31. The fourth-order valence-corrected chi connectivity index (χ4v) is 3.56. The number of carbonyl (C=O) groups is 1. The predicted octanol–water partition coefficient (Wildman–Crippen LogP) is 4.32. The summed E-state index contributed by atoms with van der Waals surface area (Å²) in [5, 5.41) is 8.52. The highest BCUT2D eigenvalue weighted by Gasteiger charge is 2.23. The molecule has 4 aromatic rings. The monoisotopic (exact) mass is 468 g/mol. The summed E-state index contributed by atoms with van der Waals surface area (Å²) in [6.07, 6.45) is 0. The maximum atomic E-state index is 12.7. The predicted molar refractivity (Wildman–Crippen MR) is 119 cm³/mol. The van der Waals surface area contributed by atoms with E-state index >= 15 is 0 Å². The summed E-state index contributed by atoms with van der Waals surface area (Å²) in [6, 6.07) is 14.9. The molecule has 0 radical (unpaired) electrons. The molecule has 0 spiro atoms. The van der Waals surface area contributed by atoms with Crippen molar-refractivity contribution in [3.63, 3.8) is 0 Å². The SMILES string of the molecule is COc1ccc(-c2noc(COC(=O)c3c(C)nn(Cc4ccccc4)c3Cl)n2)c(OC)c1. The molecule has 2 aromatic carbocycles. The van der Waals surface area contributed by atoms with E-state index in [2.05, 4.69) is 15.2 Å². The Hall–Kier alpha value is -3.85. The van der Waals surface area contributed by atoms with Gasteiger partial charge >= 0.3 is 5.97 Å². The van der Waals surface area contributed by atoms with Crippen LogP contribution in [0.25, 0.3) is 11.4 Å². The van der Waals surface area contributed by atoms with Gasteiger partial charge in [0.25, 0.3) is 5.89 Å². The maximum absolute atomic E-state index is 12.7. The highest BCUT2D eigenvalue weighted by atomic mass is 35.5. The van der Waals surface area contributed by atoms with Crippen LogP contribution in [0.2, 0.25) is 5.15 Å². The summed E-state index contributed by atoms with van der Waals surface area (Å²) < 4.78 is 22.7. The van der Waals surface area contributed by atoms with E-state index in [1.807, 2.05) is 30.3 Å². The van der Waals surface area contributed by atoms with Gasteiger partial charge in [0.15, 0.2) is 6.61 Å². The largest absolute Gasteiger partial charge is 0.497 e. The van der Waals surface area contributed by atoms with Gasteiger partial charge in [-0.15, -0.1) is 0 Å². The topological polar surface area (TPSA) is 102 Å². The second kappa shape index (κ2) is 9.74. The molecule has 0 aliphatic rings. The average Bonchev–Trinajstić information content (AvgIpc) is 3.41. The van der Waals surface area contributed by atoms with Crippen molar-refractivity contribution >= 4 is 17.6 Å². The van der Waals surface area contributed by atoms with Crippen LogP contribution < -0.4 is 9.47 Å². The lowest BCUT2D eigenvalue weighted by atomic mass is 10.2. The minimum atomic E-state index is -0.626. The van der Waals surface area contributed by atoms with Gasteiger partial charge in [-0.05, 0) is 24.6 Å². The van der Waals surface area contributed by atoms with Gasteiger partial charge in [-0.25, -0.2) is 9.48 Å². The summed E-state index contributed by atoms with van der Waals surface area (Å²) >= 11 is 6.42. The van der Waals surface area contributed by atoms with E-state index in [1.54, 1.807) is 36.9 Å². The van der Waals surface area contributed by atoms with E-state index < -0.39 is 5.97 Å². The number of ether oxygens (including phenoxy) is 3. The van der Waals surface area contributed by atoms with Gasteiger partial charge in [0.1, 0.15) is 22.2 Å². The molecule has 0 fully saturated rings. The molecular weight excluding hydrogens is 448 g/mol. The molecule has 0 saturated heterocycles. The van der Waals surface area contributed by atoms with Gasteiger partial charge in [0, 0.05) is 6.07 Å². The van der Waals surface area contributed by atoms with Crippen LogP contribution in [0.4, 0.5) is 0 Å². The molecule has 0 amide bonds. The zero-order chi connectivity index (χ0) is 23.4. The van der Waals surface area contributed by atoms with E-state index in [4.69, 9.17) is 30.3 Å². The minimum absolute atomic E-state index is 0.127. The molecule has 2 aromatic heterocycles. The van der Waals surface area contributed by atoms with Crippen molar-refractivity contribution in [3.8, 4) is 22.9 Å². The number of nitrogens with zero attached hydrogens (tertiary/aromatic N) is 4. The Kier molecular flexibility index (Phi) is 6.60. The molecule has 0 aliphatic carbocycles. The first-order valence-electron chi connectivity index (χ1n) is 9.99. The van der Waals surface area contributed by atoms with Crippen LogP contribution in [0, 0.1) is 6.92 Å². The van der Waals surface area contributed by atoms with Crippen LogP contribution in [0.5, 0.6) is 11.5 Å². The van der Waals surface area contributed by atoms with Crippen LogP contribution in [0.1, 0.15) is 27.5 Å². The third-order valence-electron chi connectivity index (χ3n) is 4.89. The van der Waals surface area contributed by atoms with Crippen molar-refractivity contribution in [2.24, 2.45) is 0 Å². The summed E-state index contributed by atoms with van der Waals surface area (Å²) in [5.41, 5.74) is 2.29. The molecule has 0 bridgehead atoms. The quantitative estimate of drug-likeness (QED) is 0.352. The Balaban J connectivity index is 1.46. The van der Waals surface area contributed by atoms with Crippen molar-refractivity contribution in [1.82, 2.24) is 19.9 Å². The lowest BCUT2D eigenvalue weighted by molar-refractivity contribution is 0.0429. The minimum Gasteiger partial charge on any atom is -0.497 e. The Bertz CT molecular complexity index is 1270. The Morgan fingerprint density at radius 3 is 2.64 bits per heavy atom. The second-order valence-corrected chi connectivity index (χ2v) is 7.41. The van der Waals surface area contributed by atoms with Crippen molar-refractivity contribution < 1.29 is 23.5 Å². The molecule has 9 nitrogen and oxygen atoms in total. The zero-order valence-electron chi connectivity index (χ0n) is 18.2. The fraction of sp³-hybridized carbons (Fsp3) is 0.217. The number of aromatic nitrogens is 4. The van der Waals surface area contributed by atoms with E-state index in [0.717, 1.165) is 5.56 Å². The molecule has 0 atom stereocenters. The first-order chi connectivity index (χ1) is 16.0. The molecular formula is C23H21ClN4O5. The van der Waals surface area contributed by atoms with Crippen LogP contribution in [-0.4, -0.2) is 40.1 Å². The molecule has 0 N–H and O–H groups in total. The fourth-order valence-electron chi connectivity index (χ4n) is 3.25. The average molecular weight is 469 g/mol. The number of hydrogen-bond donors (Lipinski definition) is 0. The molecule has 4 rings (SSSR count). The maximum Gasteiger partial charge on any atom is 0.343 e. The Morgan fingerprint density at radius 2 is 1.91 bits per heavy atom. The molecule has 33 heavy (non-hydrogen) atoms. The van der Waals surface area contributed by atoms with E-state index in [9.17, 15) is 4.79 Å². The summed E-state index contributed by atoms with van der Waals surface area (Å²) in [6.45, 7) is 1.92. The summed E-state index contributed by atoms with van der Waals surface area (Å²) in [7, 11) is 3.10. The lowest BCUT2D eigenvalue weighted by Crippen LogP contribution is -2.07. The van der Waals surface area contributed by atoms with Gasteiger partial charge < -0.3 is 18.7 Å². The zero-order valence-corrected chi connectivity index (χ0v) is 19.0. The van der Waals surface area contributed by atoms with Gasteiger partial charge in [-0.3, -0.25) is 0 Å². The van der Waals surface area contributed by atoms with Gasteiger partial charge in [0.2, 0.25) is 5.82 Å². The van der Waals surface area contributed by atoms with Crippen molar-refractivity contribution in [1.29, 1.82) is 0 Å². The molecule has 0 unspecified atom stereocenters. The van der Waals surface area contributed by atoms with Gasteiger partial charge in [-0.2, -0.15) is 10.1 Å². The standard InChI is InChI=1S/C23H21ClN4O5/c1-14-20(21(24)28(26-14)12-15-7-5-4-6-8-15)23(29)32-13-19-25-22(27-33-19)17-10-9-16(30-2)11-18(17)31-3/h4-11H,12-13H2,1-3H3. The smallest absolute Gasteiger partial charge is 0.343 e. The van der Waals surface area contributed by atoms with Gasteiger partial charge in [-0.1, -0.05) is 47.1 Å². The van der Waals surface area contributed by atoms with Crippen molar-refractivity contribution in [3.05, 3.63) is 76.4 Å². The molecule has 170 valence electrons. The van der Waals surface area contributed by atoms with Gasteiger partial charge in [0.05, 0.1) is 32.0 Å². The Labute approximate surface area is 194 Å². The van der Waals surface area contributed by atoms with Crippen molar-refractivity contribution in [2.45, 2.75) is 20.1 Å². The van der Waals surface area contributed by atoms with Crippen LogP contribution in [0.3, 0.4) is 0 Å². The molecule has 0 aliphatic heterocycles. The first kappa shape index (κ1) is 22.3. The summed E-state index contributed by atoms with van der Waals surface area (Å²) in [5.74, 6) is 0.950. The number of hydrogen-bond acceptors (Lipinski definition) is 8. The number of halogens is 1. The first-order valence-corrected chi connectivity index (χ1v) is 10.4. The molecule has 2 heterocycles. The van der Waals surface area contributed by atoms with E-state index in [1.165, 1.54) is 7.11 Å². The number of methoxy groups -OCH3 is 2. The number of benzene rings is 2. The third kappa shape index (κ3) is 4.83. The normalized spacial score (nSPS) is 10.8. The van der Waals surface area contributed by atoms with Crippen LogP contribution in [-0.2, 0) is 17.9 Å². The number of aryl methyl sites for hydroxylation is 1. The Morgan fingerprint density at radius 1 is 1.12 bits per heavy atom. The van der Waals surface area contributed by atoms with Crippen LogP contribution >= 0.6 is 11.6 Å². The lowest BCUT2D eigenvalue weighted by Gasteiger charge is -2.07. The van der Waals surface area contributed by atoms with Crippen molar-refractivity contribution in [2.75, 3.05) is 14.2 Å². The highest BCUT2D eigenvalue weighted by molar-refractivity contribution is 6.32. The second-order valence-electron chi connectivity index (χ2n) is 7.05. The number of esters is 1. The molecule has 10 heteroatoms. The third-order valence-corrected chi connectivity index (χ3v) is 5.27. The molecule has 0 saturated carbocycles. The van der Waals surface area contributed by atoms with Crippen LogP contribution in [0.15, 0.2) is 53.1 Å². The number of rotatable bonds is 8.